The van der Waals surface area contributed by atoms with Gasteiger partial charge in [-0.2, -0.15) is 0 Å². The molecule has 5 nitrogen and oxygen atoms in total. The molecule has 0 saturated carbocycles. The average Bonchev–Trinajstić information content (AvgIpc) is 2.30. The summed E-state index contributed by atoms with van der Waals surface area (Å²) in [7, 11) is 0. The monoisotopic (exact) mass is 237 g/mol. The molecule has 0 aliphatic heterocycles. The summed E-state index contributed by atoms with van der Waals surface area (Å²) in [5.41, 5.74) is 11.4. The Morgan fingerprint density at radius 3 is 2.82 bits per heavy atom. The van der Waals surface area contributed by atoms with Gasteiger partial charge in [-0.1, -0.05) is 26.2 Å². The van der Waals surface area contributed by atoms with Crippen molar-refractivity contribution in [3.05, 3.63) is 17.8 Å². The summed E-state index contributed by atoms with van der Waals surface area (Å²) in [6.07, 6.45) is 5.86. The molecular formula is C12H19N3O2. The first-order valence-corrected chi connectivity index (χ1v) is 5.83. The van der Waals surface area contributed by atoms with E-state index < -0.39 is 5.91 Å². The number of nitrogens with two attached hydrogens (primary N) is 2. The zero-order valence-electron chi connectivity index (χ0n) is 10.1. The third kappa shape index (κ3) is 4.30. The van der Waals surface area contributed by atoms with Crippen LogP contribution in [0, 0.1) is 0 Å². The number of hydrogen-bond acceptors (Lipinski definition) is 4. The Morgan fingerprint density at radius 1 is 1.41 bits per heavy atom. The third-order valence-corrected chi connectivity index (χ3v) is 2.37. The number of amides is 1. The number of nitrogen functional groups attached to an aromatic ring is 1. The molecule has 4 N–H and O–H groups in total. The lowest BCUT2D eigenvalue weighted by atomic mass is 10.2. The molecule has 0 aliphatic rings. The van der Waals surface area contributed by atoms with Crippen molar-refractivity contribution in [1.82, 2.24) is 4.98 Å². The molecule has 0 atom stereocenters. The quantitative estimate of drug-likeness (QED) is 0.706. The van der Waals surface area contributed by atoms with Crippen molar-refractivity contribution < 1.29 is 9.53 Å². The Bertz CT molecular complexity index is 380. The largest absolute Gasteiger partial charge is 0.477 e. The Labute approximate surface area is 101 Å². The molecule has 1 rings (SSSR count). The van der Waals surface area contributed by atoms with E-state index in [9.17, 15) is 4.79 Å². The van der Waals surface area contributed by atoms with Crippen molar-refractivity contribution in [1.29, 1.82) is 0 Å². The summed E-state index contributed by atoms with van der Waals surface area (Å²) in [4.78, 5) is 15.1. The van der Waals surface area contributed by atoms with E-state index in [2.05, 4.69) is 11.9 Å². The number of carbonyl (C=O) groups is 1. The van der Waals surface area contributed by atoms with Gasteiger partial charge in [0.05, 0.1) is 18.5 Å². The standard InChI is InChI=1S/C12H19N3O2/c1-2-3-4-5-6-17-12-10(11(14)16)7-9(13)8-15-12/h7-8H,2-6,13H2,1H3,(H2,14,16). The highest BCUT2D eigenvalue weighted by Crippen LogP contribution is 2.17. The Kier molecular flexibility index (Phi) is 5.26. The molecule has 0 aliphatic carbocycles. The average molecular weight is 237 g/mol. The number of aromatic nitrogens is 1. The van der Waals surface area contributed by atoms with Gasteiger partial charge in [0.1, 0.15) is 5.56 Å². The second-order valence-electron chi connectivity index (χ2n) is 3.89. The predicted molar refractivity (Wildman–Crippen MR) is 66.8 cm³/mol. The molecule has 0 bridgehead atoms. The highest BCUT2D eigenvalue weighted by Gasteiger charge is 2.11. The summed E-state index contributed by atoms with van der Waals surface area (Å²) in [5, 5.41) is 0. The minimum absolute atomic E-state index is 0.237. The van der Waals surface area contributed by atoms with Crippen LogP contribution in [-0.4, -0.2) is 17.5 Å². The van der Waals surface area contributed by atoms with Gasteiger partial charge in [0.15, 0.2) is 0 Å². The van der Waals surface area contributed by atoms with Crippen LogP contribution in [0.4, 0.5) is 5.69 Å². The lowest BCUT2D eigenvalue weighted by Gasteiger charge is -2.08. The molecule has 0 saturated heterocycles. The first-order valence-electron chi connectivity index (χ1n) is 5.83. The van der Waals surface area contributed by atoms with Crippen molar-refractivity contribution in [2.24, 2.45) is 5.73 Å². The van der Waals surface area contributed by atoms with Crippen LogP contribution in [0.1, 0.15) is 43.0 Å². The van der Waals surface area contributed by atoms with E-state index in [4.69, 9.17) is 16.2 Å². The zero-order valence-corrected chi connectivity index (χ0v) is 10.1. The molecule has 1 amide bonds. The predicted octanol–water partition coefficient (Wildman–Crippen LogP) is 1.72. The highest BCUT2D eigenvalue weighted by atomic mass is 16.5. The molecule has 0 aromatic carbocycles. The van der Waals surface area contributed by atoms with Gasteiger partial charge in [-0.25, -0.2) is 4.98 Å². The van der Waals surface area contributed by atoms with Crippen LogP contribution in [0.25, 0.3) is 0 Å². The van der Waals surface area contributed by atoms with Crippen molar-refractivity contribution in [3.63, 3.8) is 0 Å². The van der Waals surface area contributed by atoms with E-state index in [-0.39, 0.29) is 11.4 Å². The number of nitrogens with zero attached hydrogens (tertiary/aromatic N) is 1. The van der Waals surface area contributed by atoms with Crippen LogP contribution in [0.15, 0.2) is 12.3 Å². The fraction of sp³-hybridized carbons (Fsp3) is 0.500. The second kappa shape index (κ2) is 6.73. The Morgan fingerprint density at radius 2 is 2.18 bits per heavy atom. The van der Waals surface area contributed by atoms with Gasteiger partial charge in [0.2, 0.25) is 5.88 Å². The number of pyridine rings is 1. The first kappa shape index (κ1) is 13.3. The minimum Gasteiger partial charge on any atom is -0.477 e. The van der Waals surface area contributed by atoms with E-state index in [1.54, 1.807) is 0 Å². The molecule has 5 heteroatoms. The van der Waals surface area contributed by atoms with E-state index in [1.165, 1.54) is 25.1 Å². The van der Waals surface area contributed by atoms with Crippen molar-refractivity contribution >= 4 is 11.6 Å². The van der Waals surface area contributed by atoms with E-state index in [0.29, 0.717) is 12.3 Å². The van der Waals surface area contributed by atoms with Gasteiger partial charge < -0.3 is 16.2 Å². The summed E-state index contributed by atoms with van der Waals surface area (Å²) in [6.45, 7) is 2.69. The van der Waals surface area contributed by atoms with Crippen LogP contribution in [-0.2, 0) is 0 Å². The lowest BCUT2D eigenvalue weighted by Crippen LogP contribution is -2.15. The molecule has 0 radical (unpaired) electrons. The van der Waals surface area contributed by atoms with Crippen molar-refractivity contribution in [3.8, 4) is 5.88 Å². The summed E-state index contributed by atoms with van der Waals surface area (Å²) in [6, 6.07) is 1.48. The number of anilines is 1. The van der Waals surface area contributed by atoms with Gasteiger partial charge in [0, 0.05) is 0 Å². The molecule has 94 valence electrons. The minimum atomic E-state index is -0.576. The van der Waals surface area contributed by atoms with E-state index in [1.807, 2.05) is 0 Å². The van der Waals surface area contributed by atoms with Crippen LogP contribution in [0.2, 0.25) is 0 Å². The molecular weight excluding hydrogens is 218 g/mol. The van der Waals surface area contributed by atoms with Crippen molar-refractivity contribution in [2.75, 3.05) is 12.3 Å². The smallest absolute Gasteiger partial charge is 0.254 e. The first-order chi connectivity index (χ1) is 8.15. The normalized spacial score (nSPS) is 10.2. The van der Waals surface area contributed by atoms with E-state index in [0.717, 1.165) is 12.8 Å². The number of carbonyl (C=O) groups excluding carboxylic acids is 1. The van der Waals surface area contributed by atoms with Crippen LogP contribution in [0.5, 0.6) is 5.88 Å². The molecule has 17 heavy (non-hydrogen) atoms. The topological polar surface area (TPSA) is 91.2 Å². The summed E-state index contributed by atoms with van der Waals surface area (Å²) < 4.78 is 5.43. The van der Waals surface area contributed by atoms with Gasteiger partial charge >= 0.3 is 0 Å². The molecule has 0 fully saturated rings. The van der Waals surface area contributed by atoms with Crippen LogP contribution < -0.4 is 16.2 Å². The maximum atomic E-state index is 11.2. The number of hydrogen-bond donors (Lipinski definition) is 2. The molecule has 1 heterocycles. The maximum Gasteiger partial charge on any atom is 0.254 e. The zero-order chi connectivity index (χ0) is 12.7. The molecule has 0 spiro atoms. The fourth-order valence-electron chi connectivity index (χ4n) is 1.46. The van der Waals surface area contributed by atoms with Gasteiger partial charge in [0.25, 0.3) is 5.91 Å². The lowest BCUT2D eigenvalue weighted by molar-refractivity contribution is 0.0995. The summed E-state index contributed by atoms with van der Waals surface area (Å²) in [5.74, 6) is -0.309. The second-order valence-corrected chi connectivity index (χ2v) is 3.89. The van der Waals surface area contributed by atoms with Crippen LogP contribution in [0.3, 0.4) is 0 Å². The van der Waals surface area contributed by atoms with Gasteiger partial charge in [-0.15, -0.1) is 0 Å². The van der Waals surface area contributed by atoms with Crippen molar-refractivity contribution in [2.45, 2.75) is 32.6 Å². The summed E-state index contributed by atoms with van der Waals surface area (Å²) >= 11 is 0. The highest BCUT2D eigenvalue weighted by molar-refractivity contribution is 5.95. The van der Waals surface area contributed by atoms with Gasteiger partial charge in [-0.05, 0) is 12.5 Å². The Hall–Kier alpha value is -1.78. The van der Waals surface area contributed by atoms with Crippen LogP contribution >= 0.6 is 0 Å². The number of ether oxygens (including phenoxy) is 1. The van der Waals surface area contributed by atoms with E-state index >= 15 is 0 Å². The molecule has 1 aromatic rings. The van der Waals surface area contributed by atoms with Gasteiger partial charge in [-0.3, -0.25) is 4.79 Å². The maximum absolute atomic E-state index is 11.2. The fourth-order valence-corrected chi connectivity index (χ4v) is 1.46. The number of unbranched alkanes of at least 4 members (excludes halogenated alkanes) is 3. The molecule has 0 unspecified atom stereocenters. The number of rotatable bonds is 7. The molecule has 1 aromatic heterocycles. The Balaban J connectivity index is 2.55. The number of primary amides is 1. The third-order valence-electron chi connectivity index (χ3n) is 2.37. The SMILES string of the molecule is CCCCCCOc1ncc(N)cc1C(N)=O.